The van der Waals surface area contributed by atoms with Gasteiger partial charge in [0.1, 0.15) is 0 Å². The minimum Gasteiger partial charge on any atom is -0.345 e. The molecule has 0 saturated carbocycles. The highest BCUT2D eigenvalue weighted by molar-refractivity contribution is 6.67. The van der Waals surface area contributed by atoms with E-state index in [1.807, 2.05) is 25.4 Å². The number of hydrogen-bond donors (Lipinski definition) is 0. The van der Waals surface area contributed by atoms with Crippen molar-refractivity contribution in [3.63, 3.8) is 0 Å². The molecule has 1 aromatic carbocycles. The summed E-state index contributed by atoms with van der Waals surface area (Å²) in [6.07, 6.45) is 10.9. The van der Waals surface area contributed by atoms with E-state index in [2.05, 4.69) is 68.4 Å². The molecule has 1 unspecified atom stereocenters. The van der Waals surface area contributed by atoms with Crippen molar-refractivity contribution in [2.24, 2.45) is 4.99 Å². The van der Waals surface area contributed by atoms with Crippen molar-refractivity contribution in [3.05, 3.63) is 70.7 Å². The molecule has 2 rings (SSSR count). The van der Waals surface area contributed by atoms with Crippen LogP contribution in [-0.2, 0) is 0 Å². The Labute approximate surface area is 208 Å². The number of rotatable bonds is 10. The molecule has 1 atom stereocenters. The molecule has 1 fully saturated rings. The van der Waals surface area contributed by atoms with E-state index in [1.165, 1.54) is 16.6 Å². The van der Waals surface area contributed by atoms with E-state index in [0.717, 1.165) is 49.8 Å². The monoisotopic (exact) mass is 461 g/mol. The molecular weight excluding hydrogens is 417 g/mol. The van der Waals surface area contributed by atoms with Crippen LogP contribution in [0.5, 0.6) is 0 Å². The average molecular weight is 462 g/mol. The van der Waals surface area contributed by atoms with Gasteiger partial charge in [-0.1, -0.05) is 62.3 Å². The fourth-order valence-electron chi connectivity index (χ4n) is 4.87. The standard InChI is InChI=1S/C29H44BN3O/c1-9-17-30(5)28(14-18-31-6)23(3)21-22(2)24(4)33-19-15-26(16-20-33)25-10-12-27(13-11-25)29(34)32(7)8/h10-14,18,21,24,26H,3,9,15-17,19-20H2,1-2,4-8H3/b22-21+,28-14+,31-18?. The molecule has 1 aliphatic heterocycles. The summed E-state index contributed by atoms with van der Waals surface area (Å²) in [7, 11) is 5.40. The van der Waals surface area contributed by atoms with Crippen LogP contribution < -0.4 is 0 Å². The van der Waals surface area contributed by atoms with Gasteiger partial charge in [0.15, 0.2) is 6.71 Å². The highest BCUT2D eigenvalue weighted by Crippen LogP contribution is 2.30. The lowest BCUT2D eigenvalue weighted by molar-refractivity contribution is 0.0827. The zero-order valence-corrected chi connectivity index (χ0v) is 22.5. The highest BCUT2D eigenvalue weighted by atomic mass is 16.2. The Hall–Kier alpha value is -2.40. The Morgan fingerprint density at radius 1 is 1.26 bits per heavy atom. The predicted molar refractivity (Wildman–Crippen MR) is 150 cm³/mol. The molecule has 0 N–H and O–H groups in total. The normalized spacial score (nSPS) is 17.1. The first-order chi connectivity index (χ1) is 16.2. The van der Waals surface area contributed by atoms with Gasteiger partial charge in [-0.05, 0) is 75.0 Å². The van der Waals surface area contributed by atoms with E-state index in [-0.39, 0.29) is 5.91 Å². The summed E-state index contributed by atoms with van der Waals surface area (Å²) in [5, 5.41) is 0. The Balaban J connectivity index is 2.01. The summed E-state index contributed by atoms with van der Waals surface area (Å²) < 4.78 is 0. The molecule has 1 amide bonds. The van der Waals surface area contributed by atoms with Crippen LogP contribution >= 0.6 is 0 Å². The van der Waals surface area contributed by atoms with Crippen molar-refractivity contribution >= 4 is 18.8 Å². The molecular formula is C29H44BN3O. The van der Waals surface area contributed by atoms with Gasteiger partial charge in [0.05, 0.1) is 0 Å². The summed E-state index contributed by atoms with van der Waals surface area (Å²) in [4.78, 5) is 20.5. The largest absolute Gasteiger partial charge is 0.345 e. The second kappa shape index (κ2) is 13.5. The number of piperidine rings is 1. The van der Waals surface area contributed by atoms with Crippen LogP contribution in [0.15, 0.2) is 64.6 Å². The van der Waals surface area contributed by atoms with Gasteiger partial charge in [0.2, 0.25) is 0 Å². The number of allylic oxidation sites excluding steroid dienone is 4. The van der Waals surface area contributed by atoms with E-state index in [0.29, 0.717) is 18.7 Å². The van der Waals surface area contributed by atoms with Gasteiger partial charge >= 0.3 is 0 Å². The number of carbonyl (C=O) groups excluding carboxylic acids is 1. The maximum Gasteiger partial charge on any atom is 0.253 e. The van der Waals surface area contributed by atoms with Gasteiger partial charge in [0.25, 0.3) is 5.91 Å². The van der Waals surface area contributed by atoms with Gasteiger partial charge in [0, 0.05) is 39.0 Å². The van der Waals surface area contributed by atoms with Crippen LogP contribution in [0.25, 0.3) is 0 Å². The van der Waals surface area contributed by atoms with E-state index >= 15 is 0 Å². The SMILES string of the molecule is C=C(/C=C(\C)C(C)N1CCC(c2ccc(C(=O)N(C)C)cc2)CC1)/C(=C\C=NC)B(C)CCC. The zero-order valence-electron chi connectivity index (χ0n) is 22.5. The van der Waals surface area contributed by atoms with Crippen LogP contribution in [-0.4, -0.2) is 68.9 Å². The van der Waals surface area contributed by atoms with Crippen molar-refractivity contribution in [2.75, 3.05) is 34.2 Å². The first kappa shape index (κ1) is 27.8. The van der Waals surface area contributed by atoms with Crippen molar-refractivity contribution in [3.8, 4) is 0 Å². The maximum atomic E-state index is 12.2. The summed E-state index contributed by atoms with van der Waals surface area (Å²) in [6, 6.07) is 8.61. The van der Waals surface area contributed by atoms with Crippen molar-refractivity contribution < 1.29 is 4.79 Å². The Morgan fingerprint density at radius 2 is 1.88 bits per heavy atom. The first-order valence-corrected chi connectivity index (χ1v) is 12.7. The van der Waals surface area contributed by atoms with Crippen molar-refractivity contribution in [1.29, 1.82) is 0 Å². The number of aliphatic imine (C=N–C) groups is 1. The lowest BCUT2D eigenvalue weighted by atomic mass is 9.42. The Bertz CT molecular complexity index is 906. The third-order valence-corrected chi connectivity index (χ3v) is 7.20. The fourth-order valence-corrected chi connectivity index (χ4v) is 4.87. The minimum atomic E-state index is 0.0584. The molecule has 184 valence electrons. The Morgan fingerprint density at radius 3 is 2.41 bits per heavy atom. The third kappa shape index (κ3) is 7.56. The van der Waals surface area contributed by atoms with Crippen LogP contribution in [0.3, 0.4) is 0 Å². The van der Waals surface area contributed by atoms with Gasteiger partial charge < -0.3 is 4.90 Å². The maximum absolute atomic E-state index is 12.2. The lowest BCUT2D eigenvalue weighted by Crippen LogP contribution is -2.40. The van der Waals surface area contributed by atoms with E-state index in [4.69, 9.17) is 0 Å². The van der Waals surface area contributed by atoms with Crippen LogP contribution in [0.4, 0.5) is 0 Å². The molecule has 0 radical (unpaired) electrons. The number of carbonyl (C=O) groups is 1. The fraction of sp³-hybridized carbons (Fsp3) is 0.517. The summed E-state index contributed by atoms with van der Waals surface area (Å²) in [5.41, 5.74) is 5.85. The molecule has 1 heterocycles. The average Bonchev–Trinajstić information content (AvgIpc) is 2.83. The second-order valence-corrected chi connectivity index (χ2v) is 9.94. The number of hydrogen-bond acceptors (Lipinski definition) is 3. The molecule has 0 aromatic heterocycles. The van der Waals surface area contributed by atoms with Gasteiger partial charge in [-0.15, -0.1) is 0 Å². The summed E-state index contributed by atoms with van der Waals surface area (Å²) in [5.74, 6) is 0.618. The molecule has 0 aliphatic carbocycles. The molecule has 0 bridgehead atoms. The molecule has 5 heteroatoms. The summed E-state index contributed by atoms with van der Waals surface area (Å²) in [6.45, 7) is 16.1. The minimum absolute atomic E-state index is 0.0584. The second-order valence-electron chi connectivity index (χ2n) is 9.94. The third-order valence-electron chi connectivity index (χ3n) is 7.20. The van der Waals surface area contributed by atoms with Gasteiger partial charge in [-0.25, -0.2) is 0 Å². The summed E-state index contributed by atoms with van der Waals surface area (Å²) >= 11 is 0. The predicted octanol–water partition coefficient (Wildman–Crippen LogP) is 6.16. The van der Waals surface area contributed by atoms with Crippen molar-refractivity contribution in [2.45, 2.75) is 65.1 Å². The van der Waals surface area contributed by atoms with Gasteiger partial charge in [-0.2, -0.15) is 0 Å². The van der Waals surface area contributed by atoms with E-state index in [9.17, 15) is 4.79 Å². The lowest BCUT2D eigenvalue weighted by Gasteiger charge is -2.37. The number of benzene rings is 1. The molecule has 1 aromatic rings. The molecule has 1 saturated heterocycles. The number of amides is 1. The zero-order chi connectivity index (χ0) is 25.3. The molecule has 4 nitrogen and oxygen atoms in total. The first-order valence-electron chi connectivity index (χ1n) is 12.7. The van der Waals surface area contributed by atoms with E-state index < -0.39 is 0 Å². The quantitative estimate of drug-likeness (QED) is 0.238. The van der Waals surface area contributed by atoms with Crippen molar-refractivity contribution in [1.82, 2.24) is 9.80 Å². The molecule has 34 heavy (non-hydrogen) atoms. The van der Waals surface area contributed by atoms with Crippen LogP contribution in [0.1, 0.15) is 61.9 Å². The van der Waals surface area contributed by atoms with Crippen LogP contribution in [0.2, 0.25) is 13.1 Å². The van der Waals surface area contributed by atoms with Gasteiger partial charge in [-0.3, -0.25) is 14.7 Å². The van der Waals surface area contributed by atoms with E-state index in [1.54, 1.807) is 19.0 Å². The molecule has 1 aliphatic rings. The number of likely N-dealkylation sites (tertiary alicyclic amines) is 1. The molecule has 0 spiro atoms. The topological polar surface area (TPSA) is 35.9 Å². The highest BCUT2D eigenvalue weighted by Gasteiger charge is 2.25. The number of nitrogens with zero attached hydrogens (tertiary/aromatic N) is 3. The Kier molecular flexibility index (Phi) is 11.0. The van der Waals surface area contributed by atoms with Crippen LogP contribution in [0, 0.1) is 0 Å². The smallest absolute Gasteiger partial charge is 0.253 e.